The lowest BCUT2D eigenvalue weighted by Gasteiger charge is -2.07. The predicted octanol–water partition coefficient (Wildman–Crippen LogP) is 5.89. The van der Waals surface area contributed by atoms with E-state index in [1.807, 2.05) is 25.1 Å². The standard InChI is InChI=1S/C24H20Cl2N4O4/c1-2-30-13-19(22(29-30)24(32)27-16-6-4-3-5-7-16)28-23(31)21-11-9-17(34-21)14-33-20-10-8-15(25)12-18(20)26/h3-13H,2,14H2,1H3,(H,27,32)(H,28,31). The van der Waals surface area contributed by atoms with Crippen LogP contribution >= 0.6 is 23.2 Å². The second-order valence-electron chi connectivity index (χ2n) is 7.15. The number of hydrogen-bond acceptors (Lipinski definition) is 5. The number of nitrogens with zero attached hydrogens (tertiary/aromatic N) is 2. The Labute approximate surface area is 205 Å². The molecule has 2 aromatic heterocycles. The van der Waals surface area contributed by atoms with Crippen molar-refractivity contribution in [1.29, 1.82) is 0 Å². The molecule has 0 saturated heterocycles. The number of carbonyl (C=O) groups excluding carboxylic acids is 2. The van der Waals surface area contributed by atoms with Crippen LogP contribution in [0.4, 0.5) is 11.4 Å². The summed E-state index contributed by atoms with van der Waals surface area (Å²) in [5, 5.41) is 10.6. The lowest BCUT2D eigenvalue weighted by atomic mass is 10.3. The molecule has 0 spiro atoms. The van der Waals surface area contributed by atoms with Gasteiger partial charge in [-0.05, 0) is 49.4 Å². The number of furan rings is 1. The van der Waals surface area contributed by atoms with Crippen LogP contribution in [0.15, 0.2) is 71.3 Å². The van der Waals surface area contributed by atoms with Gasteiger partial charge in [0.15, 0.2) is 11.5 Å². The van der Waals surface area contributed by atoms with Crippen molar-refractivity contribution in [2.24, 2.45) is 0 Å². The second kappa shape index (κ2) is 10.5. The fraction of sp³-hybridized carbons (Fsp3) is 0.125. The fourth-order valence-electron chi connectivity index (χ4n) is 3.06. The average Bonchev–Trinajstić information content (AvgIpc) is 3.46. The molecule has 0 bridgehead atoms. The van der Waals surface area contributed by atoms with Crippen molar-refractivity contribution in [2.75, 3.05) is 10.6 Å². The number of aromatic nitrogens is 2. The quantitative estimate of drug-likeness (QED) is 0.315. The molecule has 0 saturated carbocycles. The first kappa shape index (κ1) is 23.4. The second-order valence-corrected chi connectivity index (χ2v) is 7.99. The minimum atomic E-state index is -0.528. The first-order chi connectivity index (χ1) is 16.4. The lowest BCUT2D eigenvalue weighted by Crippen LogP contribution is -2.17. The van der Waals surface area contributed by atoms with Crippen molar-refractivity contribution < 1.29 is 18.7 Å². The van der Waals surface area contributed by atoms with Gasteiger partial charge in [0.05, 0.1) is 10.7 Å². The molecule has 4 rings (SSSR count). The average molecular weight is 499 g/mol. The molecule has 0 atom stereocenters. The Kier molecular flexibility index (Phi) is 7.20. The monoisotopic (exact) mass is 498 g/mol. The zero-order chi connectivity index (χ0) is 24.1. The van der Waals surface area contributed by atoms with Gasteiger partial charge in [-0.2, -0.15) is 5.10 Å². The van der Waals surface area contributed by atoms with Crippen molar-refractivity contribution >= 4 is 46.4 Å². The molecule has 2 N–H and O–H groups in total. The van der Waals surface area contributed by atoms with Crippen molar-refractivity contribution in [2.45, 2.75) is 20.1 Å². The van der Waals surface area contributed by atoms with Crippen LogP contribution in [0.25, 0.3) is 0 Å². The topological polar surface area (TPSA) is 98.4 Å². The van der Waals surface area contributed by atoms with Crippen LogP contribution < -0.4 is 15.4 Å². The number of carbonyl (C=O) groups is 2. The van der Waals surface area contributed by atoms with E-state index in [0.717, 1.165) is 0 Å². The SMILES string of the molecule is CCn1cc(NC(=O)c2ccc(COc3ccc(Cl)cc3Cl)o2)c(C(=O)Nc2ccccc2)n1. The summed E-state index contributed by atoms with van der Waals surface area (Å²) < 4.78 is 12.8. The van der Waals surface area contributed by atoms with Gasteiger partial charge in [0.25, 0.3) is 11.8 Å². The third kappa shape index (κ3) is 5.59. The molecule has 174 valence electrons. The molecule has 0 unspecified atom stereocenters. The summed E-state index contributed by atoms with van der Waals surface area (Å²) in [6, 6.07) is 17.0. The van der Waals surface area contributed by atoms with E-state index in [9.17, 15) is 9.59 Å². The lowest BCUT2D eigenvalue weighted by molar-refractivity contribution is 0.0992. The van der Waals surface area contributed by atoms with Crippen molar-refractivity contribution in [3.8, 4) is 5.75 Å². The maximum atomic E-state index is 12.8. The molecule has 0 fully saturated rings. The Balaban J connectivity index is 1.44. The third-order valence-electron chi connectivity index (χ3n) is 4.73. The van der Waals surface area contributed by atoms with E-state index in [1.165, 1.54) is 6.07 Å². The first-order valence-corrected chi connectivity index (χ1v) is 11.1. The van der Waals surface area contributed by atoms with E-state index in [-0.39, 0.29) is 23.7 Å². The molecular weight excluding hydrogens is 479 g/mol. The van der Waals surface area contributed by atoms with E-state index >= 15 is 0 Å². The normalized spacial score (nSPS) is 10.7. The molecule has 8 nitrogen and oxygen atoms in total. The fourth-order valence-corrected chi connectivity index (χ4v) is 3.52. The number of para-hydroxylation sites is 1. The summed E-state index contributed by atoms with van der Waals surface area (Å²) >= 11 is 12.0. The van der Waals surface area contributed by atoms with Gasteiger partial charge in [0.1, 0.15) is 18.1 Å². The Morgan fingerprint density at radius 2 is 1.82 bits per heavy atom. The molecule has 0 radical (unpaired) electrons. The van der Waals surface area contributed by atoms with Crippen LogP contribution in [0.3, 0.4) is 0 Å². The van der Waals surface area contributed by atoms with Gasteiger partial charge < -0.3 is 19.8 Å². The number of anilines is 2. The number of nitrogens with one attached hydrogen (secondary N) is 2. The predicted molar refractivity (Wildman–Crippen MR) is 130 cm³/mol. The highest BCUT2D eigenvalue weighted by molar-refractivity contribution is 6.35. The van der Waals surface area contributed by atoms with E-state index in [4.69, 9.17) is 32.4 Å². The molecule has 34 heavy (non-hydrogen) atoms. The van der Waals surface area contributed by atoms with Gasteiger partial charge in [-0.15, -0.1) is 0 Å². The largest absolute Gasteiger partial charge is 0.484 e. The Morgan fingerprint density at radius 3 is 2.56 bits per heavy atom. The van der Waals surface area contributed by atoms with E-state index < -0.39 is 11.8 Å². The minimum Gasteiger partial charge on any atom is -0.484 e. The van der Waals surface area contributed by atoms with Crippen LogP contribution in [0, 0.1) is 0 Å². The smallest absolute Gasteiger partial charge is 0.291 e. The van der Waals surface area contributed by atoms with Gasteiger partial charge in [-0.3, -0.25) is 14.3 Å². The van der Waals surface area contributed by atoms with Gasteiger partial charge in [-0.25, -0.2) is 0 Å². The Bertz CT molecular complexity index is 1320. The molecule has 4 aromatic rings. The molecular formula is C24H20Cl2N4O4. The summed E-state index contributed by atoms with van der Waals surface area (Å²) in [7, 11) is 0. The van der Waals surface area contributed by atoms with Crippen molar-refractivity contribution in [3.63, 3.8) is 0 Å². The molecule has 0 aliphatic carbocycles. The van der Waals surface area contributed by atoms with Gasteiger partial charge >= 0.3 is 0 Å². The van der Waals surface area contributed by atoms with Crippen molar-refractivity contribution in [1.82, 2.24) is 9.78 Å². The number of amides is 2. The van der Waals surface area contributed by atoms with Crippen LogP contribution in [0.5, 0.6) is 5.75 Å². The number of ether oxygens (including phenoxy) is 1. The van der Waals surface area contributed by atoms with Crippen LogP contribution in [-0.2, 0) is 13.2 Å². The van der Waals surface area contributed by atoms with Crippen LogP contribution in [-0.4, -0.2) is 21.6 Å². The van der Waals surface area contributed by atoms with E-state index in [0.29, 0.717) is 33.8 Å². The Morgan fingerprint density at radius 1 is 1.03 bits per heavy atom. The summed E-state index contributed by atoms with van der Waals surface area (Å²) in [6.07, 6.45) is 1.59. The first-order valence-electron chi connectivity index (χ1n) is 10.3. The maximum Gasteiger partial charge on any atom is 0.291 e. The Hall–Kier alpha value is -3.75. The van der Waals surface area contributed by atoms with Crippen LogP contribution in [0.2, 0.25) is 10.0 Å². The molecule has 10 heteroatoms. The number of benzene rings is 2. The molecule has 0 aliphatic heterocycles. The van der Waals surface area contributed by atoms with Gasteiger partial charge in [0, 0.05) is 23.5 Å². The zero-order valence-corrected chi connectivity index (χ0v) is 19.6. The van der Waals surface area contributed by atoms with Gasteiger partial charge in [0.2, 0.25) is 0 Å². The maximum absolute atomic E-state index is 12.8. The summed E-state index contributed by atoms with van der Waals surface area (Å²) in [6.45, 7) is 2.47. The van der Waals surface area contributed by atoms with Crippen LogP contribution in [0.1, 0.15) is 33.7 Å². The number of hydrogen-bond donors (Lipinski definition) is 2. The highest BCUT2D eigenvalue weighted by atomic mass is 35.5. The summed E-state index contributed by atoms with van der Waals surface area (Å²) in [4.78, 5) is 25.5. The van der Waals surface area contributed by atoms with E-state index in [1.54, 1.807) is 47.3 Å². The van der Waals surface area contributed by atoms with Gasteiger partial charge in [-0.1, -0.05) is 41.4 Å². The number of aryl methyl sites for hydroxylation is 1. The molecule has 0 aliphatic rings. The highest BCUT2D eigenvalue weighted by Gasteiger charge is 2.21. The zero-order valence-electron chi connectivity index (χ0n) is 18.0. The van der Waals surface area contributed by atoms with Crippen molar-refractivity contribution in [3.05, 3.63) is 94.1 Å². The third-order valence-corrected chi connectivity index (χ3v) is 5.26. The number of halogens is 2. The summed E-state index contributed by atoms with van der Waals surface area (Å²) in [5.74, 6) is -0.0567. The molecule has 2 amide bonds. The minimum absolute atomic E-state index is 0.0551. The molecule has 2 heterocycles. The summed E-state index contributed by atoms with van der Waals surface area (Å²) in [5.41, 5.74) is 0.973. The molecule has 2 aromatic carbocycles. The highest BCUT2D eigenvalue weighted by Crippen LogP contribution is 2.28. The number of rotatable bonds is 8. The van der Waals surface area contributed by atoms with E-state index in [2.05, 4.69) is 15.7 Å².